The molecular weight excluding hydrogens is 208 g/mol. The average molecular weight is 228 g/mol. The first kappa shape index (κ1) is 14.7. The molecule has 0 aromatic rings. The van der Waals surface area contributed by atoms with E-state index in [1.165, 1.54) is 0 Å². The van der Waals surface area contributed by atoms with Crippen LogP contribution >= 0.6 is 0 Å². The van der Waals surface area contributed by atoms with E-state index in [1.54, 1.807) is 39.8 Å². The normalized spacial score (nSPS) is 15.1. The van der Waals surface area contributed by atoms with Crippen molar-refractivity contribution >= 4 is 11.9 Å². The van der Waals surface area contributed by atoms with Crippen LogP contribution in [0.2, 0.25) is 0 Å². The minimum Gasteiger partial charge on any atom is -0.480 e. The zero-order valence-corrected chi connectivity index (χ0v) is 10.3. The molecule has 4 nitrogen and oxygen atoms in total. The molecule has 16 heavy (non-hydrogen) atoms. The van der Waals surface area contributed by atoms with Gasteiger partial charge in [0.1, 0.15) is 0 Å². The number of carbonyl (C=O) groups is 2. The van der Waals surface area contributed by atoms with Crippen LogP contribution in [0.4, 0.5) is 0 Å². The summed E-state index contributed by atoms with van der Waals surface area (Å²) in [7, 11) is 0. The van der Waals surface area contributed by atoms with Crippen LogP contribution in [0.3, 0.4) is 0 Å². The molecule has 1 atom stereocenters. The third-order valence-corrected chi connectivity index (χ3v) is 2.68. The first-order valence-electron chi connectivity index (χ1n) is 5.45. The number of carbonyl (C=O) groups excluding carboxylic acids is 1. The van der Waals surface area contributed by atoms with Crippen LogP contribution in [0.1, 0.15) is 34.1 Å². The zero-order chi connectivity index (χ0) is 12.8. The van der Waals surface area contributed by atoms with Gasteiger partial charge in [-0.3, -0.25) is 9.59 Å². The van der Waals surface area contributed by atoms with E-state index < -0.39 is 17.4 Å². The standard InChI is InChI=1S/C12H20O4/c1-5-7-8-12(9(3)4,10(13)14)11(15)16-6-2/h5,7,9H,6,8H2,1-4H3,(H,13,14)/b7-5+. The van der Waals surface area contributed by atoms with Crippen molar-refractivity contribution in [1.29, 1.82) is 0 Å². The maximum Gasteiger partial charge on any atom is 0.324 e. The number of aliphatic carboxylic acids is 1. The minimum absolute atomic E-state index is 0.162. The molecule has 0 amide bonds. The van der Waals surface area contributed by atoms with Crippen molar-refractivity contribution in [2.45, 2.75) is 34.1 Å². The molecule has 0 saturated heterocycles. The van der Waals surface area contributed by atoms with Gasteiger partial charge in [0, 0.05) is 0 Å². The Morgan fingerprint density at radius 2 is 2.00 bits per heavy atom. The highest BCUT2D eigenvalue weighted by atomic mass is 16.5. The molecular formula is C12H20O4. The van der Waals surface area contributed by atoms with Gasteiger partial charge in [-0.05, 0) is 26.2 Å². The van der Waals surface area contributed by atoms with Crippen LogP contribution in [0.15, 0.2) is 12.2 Å². The predicted molar refractivity (Wildman–Crippen MR) is 61.0 cm³/mol. The van der Waals surface area contributed by atoms with E-state index in [1.807, 2.05) is 0 Å². The van der Waals surface area contributed by atoms with E-state index in [0.29, 0.717) is 0 Å². The van der Waals surface area contributed by atoms with E-state index in [9.17, 15) is 14.7 Å². The van der Waals surface area contributed by atoms with Gasteiger partial charge < -0.3 is 9.84 Å². The van der Waals surface area contributed by atoms with Crippen molar-refractivity contribution in [3.63, 3.8) is 0 Å². The zero-order valence-electron chi connectivity index (χ0n) is 10.3. The van der Waals surface area contributed by atoms with Gasteiger partial charge in [0.2, 0.25) is 0 Å². The highest BCUT2D eigenvalue weighted by molar-refractivity contribution is 5.99. The van der Waals surface area contributed by atoms with Gasteiger partial charge in [-0.1, -0.05) is 26.0 Å². The molecule has 0 spiro atoms. The fraction of sp³-hybridized carbons (Fsp3) is 0.667. The van der Waals surface area contributed by atoms with Crippen LogP contribution in [0.25, 0.3) is 0 Å². The van der Waals surface area contributed by atoms with Gasteiger partial charge in [0.15, 0.2) is 5.41 Å². The summed E-state index contributed by atoms with van der Waals surface area (Å²) >= 11 is 0. The quantitative estimate of drug-likeness (QED) is 0.430. The van der Waals surface area contributed by atoms with Gasteiger partial charge in [0.25, 0.3) is 0 Å². The van der Waals surface area contributed by atoms with Crippen molar-refractivity contribution in [3.8, 4) is 0 Å². The molecule has 0 rings (SSSR count). The monoisotopic (exact) mass is 228 g/mol. The number of allylic oxidation sites excluding steroid dienone is 2. The Hall–Kier alpha value is -1.32. The Kier molecular flexibility index (Phi) is 5.78. The number of carboxylic acids is 1. The van der Waals surface area contributed by atoms with Gasteiger partial charge in [-0.25, -0.2) is 0 Å². The summed E-state index contributed by atoms with van der Waals surface area (Å²) in [6.07, 6.45) is 3.58. The number of hydrogen-bond donors (Lipinski definition) is 1. The Morgan fingerprint density at radius 3 is 2.31 bits per heavy atom. The van der Waals surface area contributed by atoms with Crippen LogP contribution < -0.4 is 0 Å². The summed E-state index contributed by atoms with van der Waals surface area (Å²) in [4.78, 5) is 23.2. The molecule has 1 unspecified atom stereocenters. The van der Waals surface area contributed by atoms with Gasteiger partial charge >= 0.3 is 11.9 Å². The summed E-state index contributed by atoms with van der Waals surface area (Å²) in [5.41, 5.74) is -1.47. The lowest BCUT2D eigenvalue weighted by atomic mass is 9.74. The molecule has 0 aromatic carbocycles. The van der Waals surface area contributed by atoms with Gasteiger partial charge in [-0.2, -0.15) is 0 Å². The van der Waals surface area contributed by atoms with Crippen molar-refractivity contribution in [2.24, 2.45) is 11.3 Å². The van der Waals surface area contributed by atoms with E-state index in [2.05, 4.69) is 0 Å². The molecule has 0 bridgehead atoms. The molecule has 92 valence electrons. The topological polar surface area (TPSA) is 63.6 Å². The molecule has 0 fully saturated rings. The van der Waals surface area contributed by atoms with Gasteiger partial charge in [0.05, 0.1) is 6.61 Å². The lowest BCUT2D eigenvalue weighted by Crippen LogP contribution is -2.44. The molecule has 4 heteroatoms. The Morgan fingerprint density at radius 1 is 1.44 bits per heavy atom. The first-order chi connectivity index (χ1) is 7.43. The Bertz CT molecular complexity index is 281. The molecule has 0 aliphatic rings. The van der Waals surface area contributed by atoms with Crippen LogP contribution in [0, 0.1) is 11.3 Å². The molecule has 0 saturated carbocycles. The lowest BCUT2D eigenvalue weighted by Gasteiger charge is -2.29. The second-order valence-electron chi connectivity index (χ2n) is 3.92. The molecule has 0 aliphatic heterocycles. The van der Waals surface area contributed by atoms with Crippen molar-refractivity contribution in [1.82, 2.24) is 0 Å². The van der Waals surface area contributed by atoms with Crippen LogP contribution in [-0.2, 0) is 14.3 Å². The third-order valence-electron chi connectivity index (χ3n) is 2.68. The average Bonchev–Trinajstić information content (AvgIpc) is 2.18. The van der Waals surface area contributed by atoms with Crippen LogP contribution in [0.5, 0.6) is 0 Å². The summed E-state index contributed by atoms with van der Waals surface area (Å²) < 4.78 is 4.87. The smallest absolute Gasteiger partial charge is 0.324 e. The summed E-state index contributed by atoms with van der Waals surface area (Å²) in [5.74, 6) is -2.10. The Labute approximate surface area is 96.3 Å². The van der Waals surface area contributed by atoms with E-state index >= 15 is 0 Å². The van der Waals surface area contributed by atoms with E-state index in [-0.39, 0.29) is 18.9 Å². The number of esters is 1. The second-order valence-corrected chi connectivity index (χ2v) is 3.92. The number of rotatable bonds is 6. The third kappa shape index (κ3) is 2.84. The number of ether oxygens (including phenoxy) is 1. The molecule has 0 heterocycles. The predicted octanol–water partition coefficient (Wildman–Crippen LogP) is 2.24. The minimum atomic E-state index is -1.47. The van der Waals surface area contributed by atoms with Gasteiger partial charge in [-0.15, -0.1) is 0 Å². The lowest BCUT2D eigenvalue weighted by molar-refractivity contribution is -0.172. The number of carboxylic acid groups (broad SMARTS) is 1. The number of hydrogen-bond acceptors (Lipinski definition) is 3. The largest absolute Gasteiger partial charge is 0.480 e. The highest BCUT2D eigenvalue weighted by Gasteiger charge is 2.49. The fourth-order valence-corrected chi connectivity index (χ4v) is 1.54. The molecule has 0 aliphatic carbocycles. The second kappa shape index (κ2) is 6.30. The summed E-state index contributed by atoms with van der Waals surface area (Å²) in [5, 5.41) is 9.28. The molecule has 1 N–H and O–H groups in total. The molecule has 0 aromatic heterocycles. The van der Waals surface area contributed by atoms with Crippen molar-refractivity contribution in [2.75, 3.05) is 6.61 Å². The van der Waals surface area contributed by atoms with Crippen LogP contribution in [-0.4, -0.2) is 23.7 Å². The van der Waals surface area contributed by atoms with Crippen molar-refractivity contribution in [3.05, 3.63) is 12.2 Å². The maximum absolute atomic E-state index is 11.8. The van der Waals surface area contributed by atoms with E-state index in [4.69, 9.17) is 4.74 Å². The molecule has 0 radical (unpaired) electrons. The summed E-state index contributed by atoms with van der Waals surface area (Å²) in [6.45, 7) is 7.08. The first-order valence-corrected chi connectivity index (χ1v) is 5.45. The van der Waals surface area contributed by atoms with Crippen molar-refractivity contribution < 1.29 is 19.4 Å². The highest BCUT2D eigenvalue weighted by Crippen LogP contribution is 2.34. The fourth-order valence-electron chi connectivity index (χ4n) is 1.54. The summed E-state index contributed by atoms with van der Waals surface area (Å²) in [6, 6.07) is 0. The maximum atomic E-state index is 11.8. The SMILES string of the molecule is C/C=C/CC(C(=O)O)(C(=O)OCC)C(C)C. The Balaban J connectivity index is 5.25. The van der Waals surface area contributed by atoms with E-state index in [0.717, 1.165) is 0 Å².